The van der Waals surface area contributed by atoms with Crippen molar-refractivity contribution in [2.45, 2.75) is 18.3 Å². The molecule has 0 spiro atoms. The first-order valence-electron chi connectivity index (χ1n) is 6.75. The number of hydrogen-bond donors (Lipinski definition) is 0. The highest BCUT2D eigenvalue weighted by molar-refractivity contribution is 7.99. The lowest BCUT2D eigenvalue weighted by Crippen LogP contribution is -2.09. The lowest BCUT2D eigenvalue weighted by Gasteiger charge is -2.09. The Hall–Kier alpha value is -2.35. The fourth-order valence-corrected chi connectivity index (χ4v) is 2.51. The number of esters is 1. The molecule has 2 rings (SSSR count). The molecule has 0 aliphatic carbocycles. The van der Waals surface area contributed by atoms with Gasteiger partial charge in [-0.3, -0.25) is 9.36 Å². The zero-order chi connectivity index (χ0) is 16.7. The van der Waals surface area contributed by atoms with E-state index in [9.17, 15) is 9.18 Å². The lowest BCUT2D eigenvalue weighted by atomic mass is 10.3. The summed E-state index contributed by atoms with van der Waals surface area (Å²) in [6.45, 7) is 4.35. The Labute approximate surface area is 137 Å². The standard InChI is InChI=1S/C15H16FN3O3S/c1-3-8-19-13(9-22-12-6-4-11(16)5-7-12)17-18-15(19)23-10-14(20)21-2/h3-7H,1,8-10H2,2H3. The van der Waals surface area contributed by atoms with Crippen LogP contribution in [0, 0.1) is 5.82 Å². The smallest absolute Gasteiger partial charge is 0.316 e. The van der Waals surface area contributed by atoms with Crippen LogP contribution >= 0.6 is 11.8 Å². The number of benzene rings is 1. The molecule has 0 saturated heterocycles. The van der Waals surface area contributed by atoms with Crippen molar-refractivity contribution in [1.29, 1.82) is 0 Å². The van der Waals surface area contributed by atoms with Crippen LogP contribution in [-0.2, 0) is 22.7 Å². The van der Waals surface area contributed by atoms with Crippen molar-refractivity contribution >= 4 is 17.7 Å². The van der Waals surface area contributed by atoms with E-state index in [0.717, 1.165) is 0 Å². The van der Waals surface area contributed by atoms with Gasteiger partial charge in [0.2, 0.25) is 0 Å². The number of carbonyl (C=O) groups excluding carboxylic acids is 1. The molecule has 122 valence electrons. The number of hydrogen-bond acceptors (Lipinski definition) is 6. The molecule has 8 heteroatoms. The van der Waals surface area contributed by atoms with E-state index in [0.29, 0.717) is 23.3 Å². The van der Waals surface area contributed by atoms with Gasteiger partial charge < -0.3 is 9.47 Å². The van der Waals surface area contributed by atoms with Crippen molar-refractivity contribution < 1.29 is 18.7 Å². The Morgan fingerprint density at radius 2 is 2.13 bits per heavy atom. The summed E-state index contributed by atoms with van der Waals surface area (Å²) in [5.41, 5.74) is 0. The molecule has 0 saturated carbocycles. The predicted octanol–water partition coefficient (Wildman–Crippen LogP) is 2.45. The summed E-state index contributed by atoms with van der Waals surface area (Å²) < 4.78 is 24.8. The molecule has 0 N–H and O–H groups in total. The summed E-state index contributed by atoms with van der Waals surface area (Å²) >= 11 is 1.23. The largest absolute Gasteiger partial charge is 0.486 e. The second kappa shape index (κ2) is 8.33. The third-order valence-corrected chi connectivity index (χ3v) is 3.77. The molecule has 0 radical (unpaired) electrons. The van der Waals surface area contributed by atoms with E-state index < -0.39 is 0 Å². The number of thioether (sulfide) groups is 1. The van der Waals surface area contributed by atoms with Gasteiger partial charge in [-0.25, -0.2) is 4.39 Å². The Balaban J connectivity index is 2.05. The molecule has 2 aromatic rings. The number of carbonyl (C=O) groups is 1. The maximum Gasteiger partial charge on any atom is 0.316 e. The minimum Gasteiger partial charge on any atom is -0.486 e. The molecule has 0 aliphatic heterocycles. The fraction of sp³-hybridized carbons (Fsp3) is 0.267. The Bertz CT molecular complexity index is 673. The normalized spacial score (nSPS) is 10.3. The van der Waals surface area contributed by atoms with Crippen LogP contribution in [0.4, 0.5) is 4.39 Å². The van der Waals surface area contributed by atoms with Crippen molar-refractivity contribution in [2.75, 3.05) is 12.9 Å². The number of ether oxygens (including phenoxy) is 2. The monoisotopic (exact) mass is 337 g/mol. The van der Waals surface area contributed by atoms with Crippen molar-refractivity contribution in [1.82, 2.24) is 14.8 Å². The summed E-state index contributed by atoms with van der Waals surface area (Å²) in [4.78, 5) is 11.2. The average Bonchev–Trinajstić information content (AvgIpc) is 2.94. The van der Waals surface area contributed by atoms with Gasteiger partial charge in [0, 0.05) is 6.54 Å². The van der Waals surface area contributed by atoms with Crippen molar-refractivity contribution in [3.05, 3.63) is 48.6 Å². The lowest BCUT2D eigenvalue weighted by molar-refractivity contribution is -0.137. The maximum absolute atomic E-state index is 12.9. The summed E-state index contributed by atoms with van der Waals surface area (Å²) in [7, 11) is 1.33. The number of methoxy groups -OCH3 is 1. The molecule has 0 bridgehead atoms. The molecular weight excluding hydrogens is 321 g/mol. The molecule has 0 unspecified atom stereocenters. The number of allylic oxidation sites excluding steroid dienone is 1. The zero-order valence-corrected chi connectivity index (χ0v) is 13.4. The van der Waals surface area contributed by atoms with Gasteiger partial charge in [-0.05, 0) is 24.3 Å². The second-order valence-corrected chi connectivity index (χ2v) is 5.35. The highest BCUT2D eigenvalue weighted by Gasteiger charge is 2.14. The van der Waals surface area contributed by atoms with Crippen molar-refractivity contribution in [2.24, 2.45) is 0 Å². The second-order valence-electron chi connectivity index (χ2n) is 4.41. The molecule has 0 atom stereocenters. The van der Waals surface area contributed by atoms with Gasteiger partial charge in [0.1, 0.15) is 18.2 Å². The van der Waals surface area contributed by atoms with Crippen LogP contribution in [0.1, 0.15) is 5.82 Å². The maximum atomic E-state index is 12.9. The van der Waals surface area contributed by atoms with Gasteiger partial charge in [0.05, 0.1) is 12.9 Å². The Morgan fingerprint density at radius 1 is 1.39 bits per heavy atom. The summed E-state index contributed by atoms with van der Waals surface area (Å²) in [6, 6.07) is 5.72. The minimum atomic E-state index is -0.340. The van der Waals surface area contributed by atoms with E-state index in [4.69, 9.17) is 4.74 Å². The van der Waals surface area contributed by atoms with Gasteiger partial charge in [-0.2, -0.15) is 0 Å². The van der Waals surface area contributed by atoms with Gasteiger partial charge in [0.15, 0.2) is 11.0 Å². The molecular formula is C15H16FN3O3S. The van der Waals surface area contributed by atoms with E-state index in [1.54, 1.807) is 10.6 Å². The first kappa shape index (κ1) is 17.0. The average molecular weight is 337 g/mol. The van der Waals surface area contributed by atoms with Crippen LogP contribution in [0.15, 0.2) is 42.1 Å². The van der Waals surface area contributed by atoms with Gasteiger partial charge in [0.25, 0.3) is 0 Å². The topological polar surface area (TPSA) is 66.2 Å². The number of nitrogens with zero attached hydrogens (tertiary/aromatic N) is 3. The fourth-order valence-electron chi connectivity index (χ4n) is 1.71. The minimum absolute atomic E-state index is 0.143. The van der Waals surface area contributed by atoms with Crippen LogP contribution < -0.4 is 4.74 Å². The quantitative estimate of drug-likeness (QED) is 0.419. The van der Waals surface area contributed by atoms with Crippen LogP contribution in [0.5, 0.6) is 5.75 Å². The van der Waals surface area contributed by atoms with Gasteiger partial charge >= 0.3 is 5.97 Å². The Morgan fingerprint density at radius 3 is 2.78 bits per heavy atom. The molecule has 0 fully saturated rings. The van der Waals surface area contributed by atoms with E-state index in [1.807, 2.05) is 0 Å². The predicted molar refractivity (Wildman–Crippen MR) is 83.7 cm³/mol. The van der Waals surface area contributed by atoms with E-state index in [2.05, 4.69) is 21.5 Å². The first-order chi connectivity index (χ1) is 11.1. The summed E-state index contributed by atoms with van der Waals surface area (Å²) in [5.74, 6) is 0.593. The third kappa shape index (κ3) is 4.82. The number of rotatable bonds is 8. The van der Waals surface area contributed by atoms with Gasteiger partial charge in [-0.15, -0.1) is 16.8 Å². The molecule has 0 amide bonds. The number of halogens is 1. The summed E-state index contributed by atoms with van der Waals surface area (Å²) in [5, 5.41) is 8.69. The van der Waals surface area contributed by atoms with Crippen molar-refractivity contribution in [3.8, 4) is 5.75 Å². The molecule has 23 heavy (non-hydrogen) atoms. The van der Waals surface area contributed by atoms with E-state index in [-0.39, 0.29) is 24.1 Å². The van der Waals surface area contributed by atoms with Crippen LogP contribution in [0.25, 0.3) is 0 Å². The zero-order valence-electron chi connectivity index (χ0n) is 12.6. The van der Waals surface area contributed by atoms with E-state index in [1.165, 1.54) is 43.1 Å². The first-order valence-corrected chi connectivity index (χ1v) is 7.73. The molecule has 6 nitrogen and oxygen atoms in total. The molecule has 0 aliphatic rings. The molecule has 1 aromatic heterocycles. The van der Waals surface area contributed by atoms with Crippen molar-refractivity contribution in [3.63, 3.8) is 0 Å². The van der Waals surface area contributed by atoms with Crippen LogP contribution in [-0.4, -0.2) is 33.6 Å². The molecule has 1 aromatic carbocycles. The molecule has 1 heterocycles. The van der Waals surface area contributed by atoms with Crippen LogP contribution in [0.2, 0.25) is 0 Å². The number of aromatic nitrogens is 3. The highest BCUT2D eigenvalue weighted by atomic mass is 32.2. The SMILES string of the molecule is C=CCn1c(COc2ccc(F)cc2)nnc1SCC(=O)OC. The van der Waals surface area contributed by atoms with Crippen LogP contribution in [0.3, 0.4) is 0 Å². The van der Waals surface area contributed by atoms with E-state index >= 15 is 0 Å². The van der Waals surface area contributed by atoms with Gasteiger partial charge in [-0.1, -0.05) is 17.8 Å². The highest BCUT2D eigenvalue weighted by Crippen LogP contribution is 2.19. The summed E-state index contributed by atoms with van der Waals surface area (Å²) in [6.07, 6.45) is 1.70. The Kier molecular flexibility index (Phi) is 6.16. The third-order valence-electron chi connectivity index (χ3n) is 2.83.